The van der Waals surface area contributed by atoms with E-state index >= 15 is 0 Å². The van der Waals surface area contributed by atoms with Crippen molar-refractivity contribution in [2.45, 2.75) is 25.4 Å². The van der Waals surface area contributed by atoms with Crippen LogP contribution in [0.25, 0.3) is 0 Å². The van der Waals surface area contributed by atoms with Crippen LogP contribution < -0.4 is 44.6 Å². The van der Waals surface area contributed by atoms with Crippen molar-refractivity contribution in [2.24, 2.45) is 28.7 Å². The van der Waals surface area contributed by atoms with Gasteiger partial charge in [0.1, 0.15) is 0 Å². The van der Waals surface area contributed by atoms with Crippen LogP contribution in [-0.4, -0.2) is 65.1 Å². The highest BCUT2D eigenvalue weighted by atomic mass is 14.9. The first-order valence-electron chi connectivity index (χ1n) is 7.92. The number of rotatable bonds is 14. The zero-order chi connectivity index (χ0) is 16.2. The molecule has 0 aromatic carbocycles. The number of hydrogen-bond acceptors (Lipinski definition) is 8. The van der Waals surface area contributed by atoms with Crippen LogP contribution in [0.4, 0.5) is 0 Å². The molecule has 8 heteroatoms. The molecule has 0 rings (SSSR count). The molecule has 0 atom stereocenters. The van der Waals surface area contributed by atoms with Gasteiger partial charge in [0.2, 0.25) is 0 Å². The topological polar surface area (TPSA) is 166 Å². The second kappa shape index (κ2) is 22.0. The van der Waals surface area contributed by atoms with Crippen molar-refractivity contribution < 1.29 is 0 Å². The molecule has 21 heavy (non-hydrogen) atoms. The largest absolute Gasteiger partial charge is 0.330 e. The first-order chi connectivity index (χ1) is 10.2. The van der Waals surface area contributed by atoms with E-state index < -0.39 is 0 Å². The molecule has 8 nitrogen and oxygen atoms in total. The fourth-order valence-corrected chi connectivity index (χ4v) is 1.38. The minimum Gasteiger partial charge on any atom is -0.330 e. The summed E-state index contributed by atoms with van der Waals surface area (Å²) in [6.07, 6.45) is 2.72. The van der Waals surface area contributed by atoms with Gasteiger partial charge in [0.15, 0.2) is 0 Å². The lowest BCUT2D eigenvalue weighted by Crippen LogP contribution is -2.35. The van der Waals surface area contributed by atoms with Gasteiger partial charge >= 0.3 is 0 Å². The molecular weight excluding hydrogens is 268 g/mol. The fourth-order valence-electron chi connectivity index (χ4n) is 1.38. The van der Waals surface area contributed by atoms with Crippen LogP contribution in [0.15, 0.2) is 0 Å². The Bertz CT molecular complexity index is 158. The van der Waals surface area contributed by atoms with Crippen molar-refractivity contribution in [3.8, 4) is 0 Å². The third kappa shape index (κ3) is 28.5. The fraction of sp³-hybridized carbons (Fsp3) is 1.00. The maximum atomic E-state index is 5.34. The molecule has 0 aliphatic carbocycles. The van der Waals surface area contributed by atoms with Gasteiger partial charge in [-0.3, -0.25) is 0 Å². The van der Waals surface area contributed by atoms with E-state index in [0.29, 0.717) is 6.54 Å². The quantitative estimate of drug-likeness (QED) is 0.124. The summed E-state index contributed by atoms with van der Waals surface area (Å²) in [5, 5.41) is 9.66. The Kier molecular flexibility index (Phi) is 24.0. The molecule has 0 unspecified atom stereocenters. The molecule has 0 saturated heterocycles. The normalized spacial score (nSPS) is 10.6. The minimum absolute atomic E-state index is 0.199. The first-order valence-corrected chi connectivity index (χ1v) is 7.92. The third-order valence-corrected chi connectivity index (χ3v) is 2.57. The minimum atomic E-state index is -0.199. The van der Waals surface area contributed by atoms with Crippen LogP contribution in [0, 0.1) is 0 Å². The summed E-state index contributed by atoms with van der Waals surface area (Å²) in [4.78, 5) is 0. The van der Waals surface area contributed by atoms with Gasteiger partial charge in [-0.15, -0.1) is 0 Å². The van der Waals surface area contributed by atoms with Crippen molar-refractivity contribution in [1.82, 2.24) is 16.0 Å². The highest BCUT2D eigenvalue weighted by molar-refractivity contribution is 4.54. The Balaban J connectivity index is 0. The molecule has 0 aliphatic rings. The van der Waals surface area contributed by atoms with Crippen LogP contribution in [0.1, 0.15) is 19.3 Å². The van der Waals surface area contributed by atoms with Gasteiger partial charge in [-0.05, 0) is 52.0 Å². The predicted molar refractivity (Wildman–Crippen MR) is 91.8 cm³/mol. The monoisotopic (exact) mass is 306 g/mol. The van der Waals surface area contributed by atoms with Crippen LogP contribution in [0.5, 0.6) is 0 Å². The van der Waals surface area contributed by atoms with Crippen molar-refractivity contribution in [3.05, 3.63) is 0 Å². The van der Waals surface area contributed by atoms with Gasteiger partial charge in [0.25, 0.3) is 0 Å². The maximum absolute atomic E-state index is 5.34. The highest BCUT2D eigenvalue weighted by Crippen LogP contribution is 1.73. The van der Waals surface area contributed by atoms with Gasteiger partial charge in [-0.2, -0.15) is 0 Å². The molecule has 0 aromatic heterocycles. The van der Waals surface area contributed by atoms with Crippen LogP contribution in [0.2, 0.25) is 0 Å². The average molecular weight is 307 g/mol. The molecule has 13 N–H and O–H groups in total. The maximum Gasteiger partial charge on any atom is 0.0533 e. The Morgan fingerprint density at radius 3 is 1.43 bits per heavy atom. The molecule has 0 saturated carbocycles. The Hall–Kier alpha value is -0.320. The van der Waals surface area contributed by atoms with Crippen molar-refractivity contribution in [2.75, 3.05) is 58.9 Å². The third-order valence-electron chi connectivity index (χ3n) is 2.57. The van der Waals surface area contributed by atoms with Crippen molar-refractivity contribution in [3.63, 3.8) is 0 Å². The summed E-state index contributed by atoms with van der Waals surface area (Å²) in [7, 11) is 0. The zero-order valence-corrected chi connectivity index (χ0v) is 13.4. The second-order valence-corrected chi connectivity index (χ2v) is 4.78. The van der Waals surface area contributed by atoms with Crippen LogP contribution in [0.3, 0.4) is 0 Å². The van der Waals surface area contributed by atoms with Gasteiger partial charge in [0, 0.05) is 26.2 Å². The summed E-state index contributed by atoms with van der Waals surface area (Å²) in [5.74, 6) is 0. The Morgan fingerprint density at radius 1 is 0.571 bits per heavy atom. The first kappa shape index (κ1) is 23.0. The zero-order valence-electron chi connectivity index (χ0n) is 13.4. The average Bonchev–Trinajstić information content (AvgIpc) is 2.47. The summed E-state index contributed by atoms with van der Waals surface area (Å²) < 4.78 is 0. The second-order valence-electron chi connectivity index (χ2n) is 4.78. The van der Waals surface area contributed by atoms with Crippen LogP contribution in [-0.2, 0) is 0 Å². The lowest BCUT2D eigenvalue weighted by Gasteiger charge is -2.04. The molecular formula is C13H38N8. The summed E-state index contributed by atoms with van der Waals surface area (Å²) in [6, 6.07) is 0. The molecule has 0 amide bonds. The van der Waals surface area contributed by atoms with E-state index in [1.54, 1.807) is 0 Å². The van der Waals surface area contributed by atoms with E-state index in [2.05, 4.69) is 16.0 Å². The van der Waals surface area contributed by atoms with Gasteiger partial charge < -0.3 is 44.6 Å². The summed E-state index contributed by atoms with van der Waals surface area (Å²) >= 11 is 0. The van der Waals surface area contributed by atoms with E-state index in [1.165, 1.54) is 0 Å². The van der Waals surface area contributed by atoms with E-state index in [1.807, 2.05) is 0 Å². The lowest BCUT2D eigenvalue weighted by atomic mass is 10.3. The van der Waals surface area contributed by atoms with Crippen LogP contribution >= 0.6 is 0 Å². The van der Waals surface area contributed by atoms with Crippen molar-refractivity contribution in [1.29, 1.82) is 0 Å². The smallest absolute Gasteiger partial charge is 0.0533 e. The highest BCUT2D eigenvalue weighted by Gasteiger charge is 1.91. The van der Waals surface area contributed by atoms with Gasteiger partial charge in [0.05, 0.1) is 6.17 Å². The summed E-state index contributed by atoms with van der Waals surface area (Å²) in [6.45, 7) is 7.99. The molecule has 0 radical (unpaired) electrons. The Morgan fingerprint density at radius 2 is 1.05 bits per heavy atom. The van der Waals surface area contributed by atoms with Gasteiger partial charge in [-0.1, -0.05) is 0 Å². The number of nitrogens with two attached hydrogens (primary N) is 5. The molecule has 0 aromatic rings. The molecule has 0 bridgehead atoms. The van der Waals surface area contributed by atoms with Gasteiger partial charge in [-0.25, -0.2) is 0 Å². The molecule has 0 aliphatic heterocycles. The molecule has 0 heterocycles. The number of nitrogens with one attached hydrogen (secondary N) is 3. The van der Waals surface area contributed by atoms with Crippen molar-refractivity contribution >= 4 is 0 Å². The van der Waals surface area contributed by atoms with E-state index in [0.717, 1.165) is 71.6 Å². The molecule has 130 valence electrons. The van der Waals surface area contributed by atoms with E-state index in [9.17, 15) is 0 Å². The lowest BCUT2D eigenvalue weighted by molar-refractivity contribution is 0.578. The predicted octanol–water partition coefficient (Wildman–Crippen LogP) is -2.97. The molecule has 0 spiro atoms. The Labute approximate surface area is 129 Å². The summed E-state index contributed by atoms with van der Waals surface area (Å²) in [5.41, 5.74) is 26.5. The SMILES string of the molecule is NCCCNCCNCCCN.NCCNCCC(N)N. The number of hydrogen-bond donors (Lipinski definition) is 8. The van der Waals surface area contributed by atoms with E-state index in [-0.39, 0.29) is 6.17 Å². The van der Waals surface area contributed by atoms with E-state index in [4.69, 9.17) is 28.7 Å². The molecule has 0 fully saturated rings. The standard InChI is InChI=1S/C8H22N4.C5H16N4/c9-3-1-5-11-7-8-12-6-2-4-10;6-2-4-9-3-1-5(7)8/h11-12H,1-10H2;5,9H,1-4,6-8H2.